The van der Waals surface area contributed by atoms with Gasteiger partial charge >= 0.3 is 0 Å². The van der Waals surface area contributed by atoms with Crippen LogP contribution < -0.4 is 5.32 Å². The molecule has 1 N–H and O–H groups in total. The highest BCUT2D eigenvalue weighted by molar-refractivity contribution is 7.16. The molecule has 0 aliphatic heterocycles. The summed E-state index contributed by atoms with van der Waals surface area (Å²) in [5.41, 5.74) is 1.07. The molecule has 0 fully saturated rings. The number of anilines is 1. The van der Waals surface area contributed by atoms with E-state index in [4.69, 9.17) is 5.26 Å². The van der Waals surface area contributed by atoms with Crippen LogP contribution in [0.5, 0.6) is 0 Å². The molecule has 0 amide bonds. The Labute approximate surface area is 103 Å². The zero-order valence-electron chi connectivity index (χ0n) is 8.98. The van der Waals surface area contributed by atoms with Crippen molar-refractivity contribution in [2.24, 2.45) is 0 Å². The smallest absolute Gasteiger partial charge is 0.183 e. The summed E-state index contributed by atoms with van der Waals surface area (Å²) in [6, 6.07) is 8.46. The molecule has 2 rings (SSSR count). The van der Waals surface area contributed by atoms with Gasteiger partial charge in [0.25, 0.3) is 0 Å². The Bertz CT molecular complexity index is 527. The Balaban J connectivity index is 1.83. The maximum Gasteiger partial charge on any atom is 0.183 e. The summed E-state index contributed by atoms with van der Waals surface area (Å²) < 4.78 is 12.7. The number of hydrogen-bond donors (Lipinski definition) is 1. The highest BCUT2D eigenvalue weighted by Crippen LogP contribution is 2.16. The van der Waals surface area contributed by atoms with Gasteiger partial charge in [0.2, 0.25) is 0 Å². The fraction of sp³-hybridized carbons (Fsp3) is 0.167. The van der Waals surface area contributed by atoms with Gasteiger partial charge < -0.3 is 5.32 Å². The minimum Gasteiger partial charge on any atom is -0.361 e. The van der Waals surface area contributed by atoms with Crippen LogP contribution in [0.15, 0.2) is 30.5 Å². The first-order valence-electron chi connectivity index (χ1n) is 5.12. The molecule has 1 aromatic heterocycles. The highest BCUT2D eigenvalue weighted by Gasteiger charge is 2.00. The molecular formula is C12H10FN3S. The molecule has 1 heterocycles. The lowest BCUT2D eigenvalue weighted by molar-refractivity contribution is 0.627. The second-order valence-electron chi connectivity index (χ2n) is 3.44. The van der Waals surface area contributed by atoms with Crippen molar-refractivity contribution in [1.29, 1.82) is 5.26 Å². The van der Waals surface area contributed by atoms with Gasteiger partial charge in [-0.15, -0.1) is 0 Å². The lowest BCUT2D eigenvalue weighted by Crippen LogP contribution is -2.04. The Morgan fingerprint density at radius 3 is 2.76 bits per heavy atom. The van der Waals surface area contributed by atoms with Gasteiger partial charge in [-0.2, -0.15) is 5.26 Å². The van der Waals surface area contributed by atoms with Gasteiger partial charge in [-0.3, -0.25) is 0 Å². The summed E-state index contributed by atoms with van der Waals surface area (Å²) in [7, 11) is 0. The van der Waals surface area contributed by atoms with Gasteiger partial charge in [0, 0.05) is 6.54 Å². The van der Waals surface area contributed by atoms with Crippen LogP contribution >= 0.6 is 11.3 Å². The number of aromatic nitrogens is 1. The van der Waals surface area contributed by atoms with Crippen molar-refractivity contribution in [3.8, 4) is 6.07 Å². The maximum absolute atomic E-state index is 12.7. The van der Waals surface area contributed by atoms with Crippen molar-refractivity contribution in [2.75, 3.05) is 11.9 Å². The zero-order chi connectivity index (χ0) is 12.1. The number of benzene rings is 1. The molecule has 0 aliphatic rings. The number of rotatable bonds is 4. The molecule has 2 aromatic rings. The predicted octanol–water partition coefficient (Wildman–Crippen LogP) is 2.81. The molecule has 0 atom stereocenters. The fourth-order valence-corrected chi connectivity index (χ4v) is 2.01. The van der Waals surface area contributed by atoms with Gasteiger partial charge in [0.1, 0.15) is 16.8 Å². The number of nitrogens with one attached hydrogen (secondary N) is 1. The van der Waals surface area contributed by atoms with E-state index in [0.717, 1.165) is 17.1 Å². The molecule has 0 bridgehead atoms. The van der Waals surface area contributed by atoms with Gasteiger partial charge in [0.05, 0.1) is 6.20 Å². The van der Waals surface area contributed by atoms with Gasteiger partial charge in [0.15, 0.2) is 5.13 Å². The molecule has 86 valence electrons. The van der Waals surface area contributed by atoms with E-state index in [1.54, 1.807) is 18.3 Å². The first-order valence-corrected chi connectivity index (χ1v) is 5.94. The third kappa shape index (κ3) is 3.26. The third-order valence-electron chi connectivity index (χ3n) is 2.22. The summed E-state index contributed by atoms with van der Waals surface area (Å²) >= 11 is 1.33. The molecule has 0 aliphatic carbocycles. The molecule has 0 saturated carbocycles. The maximum atomic E-state index is 12.7. The van der Waals surface area contributed by atoms with E-state index in [9.17, 15) is 4.39 Å². The van der Waals surface area contributed by atoms with Crippen molar-refractivity contribution in [3.63, 3.8) is 0 Å². The van der Waals surface area contributed by atoms with Crippen LogP contribution in [0.2, 0.25) is 0 Å². The summed E-state index contributed by atoms with van der Waals surface area (Å²) in [5, 5.41) is 12.5. The standard InChI is InChI=1S/C12H10FN3S/c13-10-3-1-9(2-4-10)5-6-15-12-16-8-11(7-14)17-12/h1-4,8H,5-6H2,(H,15,16). The molecular weight excluding hydrogens is 237 g/mol. The Hall–Kier alpha value is -1.93. The zero-order valence-corrected chi connectivity index (χ0v) is 9.80. The molecule has 0 radical (unpaired) electrons. The average molecular weight is 247 g/mol. The number of thiazole rings is 1. The minimum atomic E-state index is -0.222. The van der Waals surface area contributed by atoms with Crippen LogP contribution in [0.1, 0.15) is 10.4 Å². The van der Waals surface area contributed by atoms with E-state index in [-0.39, 0.29) is 5.82 Å². The van der Waals surface area contributed by atoms with E-state index < -0.39 is 0 Å². The monoisotopic (exact) mass is 247 g/mol. The largest absolute Gasteiger partial charge is 0.361 e. The van der Waals surface area contributed by atoms with Crippen LogP contribution in [-0.2, 0) is 6.42 Å². The number of halogens is 1. The van der Waals surface area contributed by atoms with Crippen molar-refractivity contribution >= 4 is 16.5 Å². The van der Waals surface area contributed by atoms with Crippen LogP contribution in [0.25, 0.3) is 0 Å². The summed E-state index contributed by atoms with van der Waals surface area (Å²) in [6.45, 7) is 0.712. The van der Waals surface area contributed by atoms with Crippen LogP contribution in [-0.4, -0.2) is 11.5 Å². The number of nitrogens with zero attached hydrogens (tertiary/aromatic N) is 2. The Kier molecular flexibility index (Phi) is 3.68. The topological polar surface area (TPSA) is 48.7 Å². The van der Waals surface area contributed by atoms with Crippen LogP contribution in [0.3, 0.4) is 0 Å². The SMILES string of the molecule is N#Cc1cnc(NCCc2ccc(F)cc2)s1. The Morgan fingerprint density at radius 2 is 2.12 bits per heavy atom. The Morgan fingerprint density at radius 1 is 1.35 bits per heavy atom. The fourth-order valence-electron chi connectivity index (χ4n) is 1.37. The summed E-state index contributed by atoms with van der Waals surface area (Å²) in [6.07, 6.45) is 2.34. The van der Waals surface area contributed by atoms with Crippen molar-refractivity contribution in [1.82, 2.24) is 4.98 Å². The predicted molar refractivity (Wildman–Crippen MR) is 65.4 cm³/mol. The van der Waals surface area contributed by atoms with E-state index in [2.05, 4.69) is 10.3 Å². The molecule has 17 heavy (non-hydrogen) atoms. The van der Waals surface area contributed by atoms with E-state index in [1.165, 1.54) is 23.5 Å². The van der Waals surface area contributed by atoms with Crippen molar-refractivity contribution in [2.45, 2.75) is 6.42 Å². The van der Waals surface area contributed by atoms with E-state index in [1.807, 2.05) is 6.07 Å². The van der Waals surface area contributed by atoms with Crippen molar-refractivity contribution < 1.29 is 4.39 Å². The summed E-state index contributed by atoms with van der Waals surface area (Å²) in [5.74, 6) is -0.222. The van der Waals surface area contributed by atoms with Crippen LogP contribution in [0.4, 0.5) is 9.52 Å². The third-order valence-corrected chi connectivity index (χ3v) is 3.08. The number of hydrogen-bond acceptors (Lipinski definition) is 4. The van der Waals surface area contributed by atoms with E-state index >= 15 is 0 Å². The second kappa shape index (κ2) is 5.41. The quantitative estimate of drug-likeness (QED) is 0.903. The van der Waals surface area contributed by atoms with Gasteiger partial charge in [-0.1, -0.05) is 23.5 Å². The molecule has 1 aromatic carbocycles. The molecule has 3 nitrogen and oxygen atoms in total. The first kappa shape index (κ1) is 11.6. The van der Waals surface area contributed by atoms with E-state index in [0.29, 0.717) is 11.4 Å². The highest BCUT2D eigenvalue weighted by atomic mass is 32.1. The lowest BCUT2D eigenvalue weighted by atomic mass is 10.1. The average Bonchev–Trinajstić information content (AvgIpc) is 2.80. The number of nitriles is 1. The normalized spacial score (nSPS) is 9.88. The van der Waals surface area contributed by atoms with Gasteiger partial charge in [-0.05, 0) is 24.1 Å². The molecule has 0 spiro atoms. The summed E-state index contributed by atoms with van der Waals surface area (Å²) in [4.78, 5) is 4.65. The first-order chi connectivity index (χ1) is 8.28. The molecule has 0 saturated heterocycles. The van der Waals surface area contributed by atoms with Crippen molar-refractivity contribution in [3.05, 3.63) is 46.7 Å². The minimum absolute atomic E-state index is 0.222. The molecule has 5 heteroatoms. The van der Waals surface area contributed by atoms with Gasteiger partial charge in [-0.25, -0.2) is 9.37 Å². The molecule has 0 unspecified atom stereocenters. The van der Waals surface area contributed by atoms with Crippen LogP contribution in [0, 0.1) is 17.1 Å². The second-order valence-corrected chi connectivity index (χ2v) is 4.48. The lowest BCUT2D eigenvalue weighted by Gasteiger charge is -2.02.